The fourth-order valence-electron chi connectivity index (χ4n) is 3.08. The second kappa shape index (κ2) is 9.64. The summed E-state index contributed by atoms with van der Waals surface area (Å²) in [6.07, 6.45) is -6.46. The van der Waals surface area contributed by atoms with E-state index >= 15 is 0 Å². The molecule has 0 unspecified atom stereocenters. The largest absolute Gasteiger partial charge is 0.573 e. The van der Waals surface area contributed by atoms with E-state index < -0.39 is 23.9 Å². The molecular formula is C22H16F6N6O2. The van der Waals surface area contributed by atoms with Gasteiger partial charge < -0.3 is 20.1 Å². The first-order valence-electron chi connectivity index (χ1n) is 10.0. The number of hydrogen-bond donors (Lipinski definition) is 2. The van der Waals surface area contributed by atoms with Gasteiger partial charge in [0.1, 0.15) is 17.4 Å². The van der Waals surface area contributed by atoms with Crippen LogP contribution in [0.25, 0.3) is 5.69 Å². The SMILES string of the molecule is COc1nc(Nc2ccc(OC(F)(F)F)cc2)cc(Nc2nccn2-c2cccc(C(F)(F)F)c2)n1. The minimum atomic E-state index is -4.81. The van der Waals surface area contributed by atoms with Crippen LogP contribution in [0.1, 0.15) is 5.56 Å². The third kappa shape index (κ3) is 6.14. The molecule has 0 bridgehead atoms. The smallest absolute Gasteiger partial charge is 0.467 e. The van der Waals surface area contributed by atoms with Crippen molar-refractivity contribution in [3.8, 4) is 17.4 Å². The van der Waals surface area contributed by atoms with Gasteiger partial charge in [-0.15, -0.1) is 13.2 Å². The number of alkyl halides is 6. The van der Waals surface area contributed by atoms with Crippen LogP contribution in [-0.4, -0.2) is 33.0 Å². The van der Waals surface area contributed by atoms with E-state index in [0.29, 0.717) is 5.69 Å². The predicted molar refractivity (Wildman–Crippen MR) is 117 cm³/mol. The molecule has 0 atom stereocenters. The molecule has 0 radical (unpaired) electrons. The van der Waals surface area contributed by atoms with Crippen molar-refractivity contribution < 1.29 is 35.8 Å². The van der Waals surface area contributed by atoms with Gasteiger partial charge in [-0.05, 0) is 42.5 Å². The van der Waals surface area contributed by atoms with E-state index in [1.165, 1.54) is 54.4 Å². The lowest BCUT2D eigenvalue weighted by Crippen LogP contribution is -2.16. The van der Waals surface area contributed by atoms with Crippen molar-refractivity contribution in [3.63, 3.8) is 0 Å². The fourth-order valence-corrected chi connectivity index (χ4v) is 3.08. The molecule has 0 saturated carbocycles. The van der Waals surface area contributed by atoms with Gasteiger partial charge in [0.05, 0.1) is 12.7 Å². The third-order valence-electron chi connectivity index (χ3n) is 4.58. The summed E-state index contributed by atoms with van der Waals surface area (Å²) < 4.78 is 86.7. The Kier molecular flexibility index (Phi) is 6.59. The molecule has 0 aliphatic carbocycles. The van der Waals surface area contributed by atoms with Crippen LogP contribution in [0.15, 0.2) is 67.0 Å². The Morgan fingerprint density at radius 2 is 1.56 bits per heavy atom. The van der Waals surface area contributed by atoms with Crippen molar-refractivity contribution in [2.75, 3.05) is 17.7 Å². The van der Waals surface area contributed by atoms with E-state index in [4.69, 9.17) is 4.74 Å². The number of imidazole rings is 1. The molecule has 2 N–H and O–H groups in total. The normalized spacial score (nSPS) is 11.8. The number of rotatable bonds is 7. The van der Waals surface area contributed by atoms with Gasteiger partial charge in [0, 0.05) is 29.8 Å². The lowest BCUT2D eigenvalue weighted by molar-refractivity contribution is -0.274. The average molecular weight is 510 g/mol. The van der Waals surface area contributed by atoms with Crippen LogP contribution < -0.4 is 20.1 Å². The van der Waals surface area contributed by atoms with E-state index in [1.807, 2.05) is 0 Å². The minimum absolute atomic E-state index is 0.0586. The highest BCUT2D eigenvalue weighted by Gasteiger charge is 2.31. The summed E-state index contributed by atoms with van der Waals surface area (Å²) in [7, 11) is 1.33. The second-order valence-electron chi connectivity index (χ2n) is 7.12. The van der Waals surface area contributed by atoms with Crippen LogP contribution in [0.2, 0.25) is 0 Å². The van der Waals surface area contributed by atoms with Gasteiger partial charge in [-0.1, -0.05) is 6.07 Å². The van der Waals surface area contributed by atoms with E-state index in [-0.39, 0.29) is 29.3 Å². The molecule has 0 aliphatic heterocycles. The zero-order valence-corrected chi connectivity index (χ0v) is 18.2. The molecule has 0 fully saturated rings. The van der Waals surface area contributed by atoms with Crippen molar-refractivity contribution in [3.05, 3.63) is 72.6 Å². The van der Waals surface area contributed by atoms with Gasteiger partial charge in [-0.2, -0.15) is 23.1 Å². The molecule has 4 rings (SSSR count). The van der Waals surface area contributed by atoms with Crippen LogP contribution in [0.4, 0.5) is 49.6 Å². The first-order chi connectivity index (χ1) is 17.0. The zero-order valence-electron chi connectivity index (χ0n) is 18.2. The molecule has 2 aromatic heterocycles. The number of halogens is 6. The van der Waals surface area contributed by atoms with Crippen molar-refractivity contribution in [2.24, 2.45) is 0 Å². The molecule has 0 aliphatic rings. The monoisotopic (exact) mass is 510 g/mol. The van der Waals surface area contributed by atoms with Gasteiger partial charge in [0.2, 0.25) is 5.95 Å². The molecule has 0 spiro atoms. The quantitative estimate of drug-likeness (QED) is 0.292. The lowest BCUT2D eigenvalue weighted by atomic mass is 10.2. The van der Waals surface area contributed by atoms with Crippen LogP contribution in [0, 0.1) is 0 Å². The van der Waals surface area contributed by atoms with Crippen molar-refractivity contribution >= 4 is 23.3 Å². The predicted octanol–water partition coefficient (Wildman–Crippen LogP) is 6.08. The lowest BCUT2D eigenvalue weighted by Gasteiger charge is -2.14. The summed E-state index contributed by atoms with van der Waals surface area (Å²) in [4.78, 5) is 12.4. The van der Waals surface area contributed by atoms with Gasteiger partial charge in [0.25, 0.3) is 0 Å². The molecule has 14 heteroatoms. The molecule has 2 aromatic carbocycles. The number of ether oxygens (including phenoxy) is 2. The van der Waals surface area contributed by atoms with Crippen LogP contribution in [0.3, 0.4) is 0 Å². The first-order valence-corrected chi connectivity index (χ1v) is 10.0. The Labute approximate surface area is 199 Å². The first kappa shape index (κ1) is 24.6. The third-order valence-corrected chi connectivity index (χ3v) is 4.58. The number of hydrogen-bond acceptors (Lipinski definition) is 7. The molecule has 36 heavy (non-hydrogen) atoms. The number of methoxy groups -OCH3 is 1. The summed E-state index contributed by atoms with van der Waals surface area (Å²) in [5, 5.41) is 5.80. The van der Waals surface area contributed by atoms with E-state index in [1.54, 1.807) is 0 Å². The fraction of sp³-hybridized carbons (Fsp3) is 0.136. The maximum Gasteiger partial charge on any atom is 0.573 e. The summed E-state index contributed by atoms with van der Waals surface area (Å²) in [5.74, 6) is 0.165. The van der Waals surface area contributed by atoms with Crippen LogP contribution >= 0.6 is 0 Å². The number of nitrogens with zero attached hydrogens (tertiary/aromatic N) is 4. The van der Waals surface area contributed by atoms with Crippen LogP contribution in [-0.2, 0) is 6.18 Å². The Morgan fingerprint density at radius 1 is 0.861 bits per heavy atom. The molecule has 0 amide bonds. The highest BCUT2D eigenvalue weighted by atomic mass is 19.4. The number of anilines is 4. The summed E-state index contributed by atoms with van der Waals surface area (Å²) in [5.41, 5.74) is -0.214. The van der Waals surface area contributed by atoms with Gasteiger partial charge in [0.15, 0.2) is 0 Å². The minimum Gasteiger partial charge on any atom is -0.467 e. The molecule has 8 nitrogen and oxygen atoms in total. The van der Waals surface area contributed by atoms with Gasteiger partial charge in [-0.3, -0.25) is 4.57 Å². The van der Waals surface area contributed by atoms with Crippen molar-refractivity contribution in [1.29, 1.82) is 0 Å². The highest BCUT2D eigenvalue weighted by Crippen LogP contribution is 2.31. The summed E-state index contributed by atoms with van der Waals surface area (Å²) >= 11 is 0. The number of nitrogens with one attached hydrogen (secondary N) is 2. The number of aromatic nitrogens is 4. The van der Waals surface area contributed by atoms with Crippen LogP contribution in [0.5, 0.6) is 11.8 Å². The van der Waals surface area contributed by atoms with Crippen molar-refractivity contribution in [2.45, 2.75) is 12.5 Å². The van der Waals surface area contributed by atoms with Crippen molar-refractivity contribution in [1.82, 2.24) is 19.5 Å². The molecule has 0 saturated heterocycles. The Morgan fingerprint density at radius 3 is 2.19 bits per heavy atom. The molecule has 188 valence electrons. The standard InChI is InChI=1S/C22H16F6N6O2/c1-35-20-32-17(30-14-5-7-16(8-6-14)36-22(26,27)28)12-18(33-20)31-19-29-9-10-34(19)15-4-2-3-13(11-15)21(23,24)25/h2-12H,1H3,(H2,29,30,31,32,33). The highest BCUT2D eigenvalue weighted by molar-refractivity contribution is 5.63. The Balaban J connectivity index is 1.57. The Bertz CT molecular complexity index is 1340. The second-order valence-corrected chi connectivity index (χ2v) is 7.12. The van der Waals surface area contributed by atoms with E-state index in [9.17, 15) is 26.3 Å². The average Bonchev–Trinajstić information content (AvgIpc) is 3.27. The maximum atomic E-state index is 13.1. The Hall–Kier alpha value is -4.49. The molecule has 2 heterocycles. The summed E-state index contributed by atoms with van der Waals surface area (Å²) in [6.45, 7) is 0. The molecular weight excluding hydrogens is 494 g/mol. The van der Waals surface area contributed by atoms with E-state index in [2.05, 4.69) is 30.3 Å². The summed E-state index contributed by atoms with van der Waals surface area (Å²) in [6, 6.07) is 11.1. The number of benzene rings is 2. The topological polar surface area (TPSA) is 86.1 Å². The van der Waals surface area contributed by atoms with Gasteiger partial charge in [-0.25, -0.2) is 4.98 Å². The van der Waals surface area contributed by atoms with Gasteiger partial charge >= 0.3 is 18.5 Å². The zero-order chi connectivity index (χ0) is 25.9. The molecule has 4 aromatic rings. The van der Waals surface area contributed by atoms with E-state index in [0.717, 1.165) is 24.3 Å². The maximum absolute atomic E-state index is 13.1.